The largest absolute Gasteiger partial charge is 0.445 e. The Bertz CT molecular complexity index is 890. The molecule has 3 rings (SSSR count). The van der Waals surface area contributed by atoms with E-state index in [-0.39, 0.29) is 31.4 Å². The van der Waals surface area contributed by atoms with Crippen molar-refractivity contribution in [2.75, 3.05) is 19.7 Å². The molecule has 1 fully saturated rings. The van der Waals surface area contributed by atoms with Crippen LogP contribution in [0.15, 0.2) is 36.5 Å². The summed E-state index contributed by atoms with van der Waals surface area (Å²) in [7, 11) is 0. The van der Waals surface area contributed by atoms with Crippen LogP contribution in [0.5, 0.6) is 0 Å². The molecule has 1 atom stereocenters. The second-order valence-corrected chi connectivity index (χ2v) is 8.85. The van der Waals surface area contributed by atoms with Crippen molar-refractivity contribution >= 4 is 12.2 Å². The smallest absolute Gasteiger partial charge is 0.410 e. The van der Waals surface area contributed by atoms with Gasteiger partial charge in [0.05, 0.1) is 31.5 Å². The van der Waals surface area contributed by atoms with E-state index in [4.69, 9.17) is 14.2 Å². The van der Waals surface area contributed by atoms with Crippen LogP contribution in [0.3, 0.4) is 0 Å². The van der Waals surface area contributed by atoms with E-state index < -0.39 is 11.7 Å². The minimum absolute atomic E-state index is 0.0632. The molecule has 0 aliphatic carbocycles. The zero-order chi connectivity index (χ0) is 23.1. The molecule has 10 heteroatoms. The highest BCUT2D eigenvalue weighted by atomic mass is 16.6. The molecule has 10 nitrogen and oxygen atoms in total. The molecule has 1 aromatic carbocycles. The third-order valence-corrected chi connectivity index (χ3v) is 4.64. The summed E-state index contributed by atoms with van der Waals surface area (Å²) in [5.41, 5.74) is 1.09. The number of hydrogen-bond acceptors (Lipinski definition) is 7. The molecule has 2 amide bonds. The lowest BCUT2D eigenvalue weighted by atomic mass is 10.1. The van der Waals surface area contributed by atoms with Crippen LogP contribution in [0.1, 0.15) is 45.0 Å². The topological polar surface area (TPSA) is 108 Å². The number of ether oxygens (including phenoxy) is 3. The molecule has 1 N–H and O–H groups in total. The van der Waals surface area contributed by atoms with Gasteiger partial charge >= 0.3 is 12.2 Å². The molecule has 1 aromatic heterocycles. The second-order valence-electron chi connectivity index (χ2n) is 8.85. The Morgan fingerprint density at radius 2 is 1.91 bits per heavy atom. The maximum atomic E-state index is 12.1. The number of carbonyl (C=O) groups excluding carboxylic acids is 2. The number of aromatic nitrogens is 3. The average Bonchev–Trinajstić information content (AvgIpc) is 3.12. The van der Waals surface area contributed by atoms with Crippen molar-refractivity contribution in [1.82, 2.24) is 25.2 Å². The van der Waals surface area contributed by atoms with Crippen LogP contribution in [0.4, 0.5) is 9.59 Å². The second kappa shape index (κ2) is 10.4. The highest BCUT2D eigenvalue weighted by Crippen LogP contribution is 2.21. The number of alkyl carbamates (subject to hydrolysis) is 1. The normalized spacial score (nSPS) is 15.1. The van der Waals surface area contributed by atoms with E-state index in [1.807, 2.05) is 64.2 Å². The van der Waals surface area contributed by atoms with Crippen molar-refractivity contribution in [3.05, 3.63) is 47.8 Å². The van der Waals surface area contributed by atoms with Crippen LogP contribution in [-0.4, -0.2) is 63.4 Å². The van der Waals surface area contributed by atoms with Crippen LogP contribution in [-0.2, 0) is 27.4 Å². The molecule has 1 saturated heterocycles. The third-order valence-electron chi connectivity index (χ3n) is 4.64. The molecule has 2 heterocycles. The Morgan fingerprint density at radius 3 is 2.59 bits per heavy atom. The van der Waals surface area contributed by atoms with Crippen molar-refractivity contribution in [3.63, 3.8) is 0 Å². The number of nitrogens with one attached hydrogen (secondary N) is 1. The number of nitrogens with zero attached hydrogens (tertiary/aromatic N) is 4. The fraction of sp³-hybridized carbons (Fsp3) is 0.545. The highest BCUT2D eigenvalue weighted by molar-refractivity contribution is 5.69. The van der Waals surface area contributed by atoms with E-state index in [0.717, 1.165) is 5.56 Å². The molecule has 1 aliphatic heterocycles. The SMILES string of the molecule is CC(COCc1cn(C2CN(C(=O)OCc3ccccc3)C2)nn1)NC(=O)OC(C)(C)C. The Kier molecular flexibility index (Phi) is 7.68. The van der Waals surface area contributed by atoms with Gasteiger partial charge < -0.3 is 24.4 Å². The standard InChI is InChI=1S/C22H31N5O5/c1-16(23-20(28)32-22(2,3)4)13-30-15-18-10-27(25-24-18)19-11-26(12-19)21(29)31-14-17-8-6-5-7-9-17/h5-10,16,19H,11-15H2,1-4H3,(H,23,28). The van der Waals surface area contributed by atoms with Gasteiger partial charge in [0.1, 0.15) is 17.9 Å². The summed E-state index contributed by atoms with van der Waals surface area (Å²) in [5, 5.41) is 11.0. The number of carbonyl (C=O) groups is 2. The zero-order valence-corrected chi connectivity index (χ0v) is 19.0. The maximum absolute atomic E-state index is 12.1. The highest BCUT2D eigenvalue weighted by Gasteiger charge is 2.33. The minimum Gasteiger partial charge on any atom is -0.445 e. The van der Waals surface area contributed by atoms with Gasteiger partial charge in [-0.1, -0.05) is 35.5 Å². The quantitative estimate of drug-likeness (QED) is 0.666. The van der Waals surface area contributed by atoms with E-state index >= 15 is 0 Å². The summed E-state index contributed by atoms with van der Waals surface area (Å²) in [4.78, 5) is 25.5. The maximum Gasteiger partial charge on any atom is 0.410 e. The molecule has 0 bridgehead atoms. The van der Waals surface area contributed by atoms with Crippen LogP contribution in [0.2, 0.25) is 0 Å². The first-order valence-corrected chi connectivity index (χ1v) is 10.6. The summed E-state index contributed by atoms with van der Waals surface area (Å²) in [6, 6.07) is 9.43. The number of amides is 2. The molecule has 0 radical (unpaired) electrons. The number of benzene rings is 1. The third kappa shape index (κ3) is 7.23. The van der Waals surface area contributed by atoms with E-state index in [0.29, 0.717) is 25.4 Å². The first-order chi connectivity index (χ1) is 15.2. The Labute approximate surface area is 187 Å². The molecule has 2 aromatic rings. The van der Waals surface area contributed by atoms with Crippen molar-refractivity contribution < 1.29 is 23.8 Å². The molecule has 0 spiro atoms. The minimum atomic E-state index is -0.543. The van der Waals surface area contributed by atoms with Crippen molar-refractivity contribution in [3.8, 4) is 0 Å². The Hall–Kier alpha value is -3.14. The lowest BCUT2D eigenvalue weighted by molar-refractivity contribution is 0.0440. The lowest BCUT2D eigenvalue weighted by Gasteiger charge is -2.37. The summed E-state index contributed by atoms with van der Waals surface area (Å²) in [5.74, 6) is 0. The van der Waals surface area contributed by atoms with Gasteiger partial charge in [-0.15, -0.1) is 5.10 Å². The monoisotopic (exact) mass is 445 g/mol. The summed E-state index contributed by atoms with van der Waals surface area (Å²) < 4.78 is 17.9. The molecule has 0 saturated carbocycles. The fourth-order valence-electron chi connectivity index (χ4n) is 3.03. The van der Waals surface area contributed by atoms with Gasteiger partial charge in [-0.3, -0.25) is 0 Å². The van der Waals surface area contributed by atoms with E-state index in [9.17, 15) is 9.59 Å². The van der Waals surface area contributed by atoms with Gasteiger partial charge in [-0.2, -0.15) is 0 Å². The lowest BCUT2D eigenvalue weighted by Crippen LogP contribution is -2.51. The van der Waals surface area contributed by atoms with Crippen LogP contribution in [0, 0.1) is 0 Å². The number of rotatable bonds is 8. The van der Waals surface area contributed by atoms with Gasteiger partial charge in [0.25, 0.3) is 0 Å². The Balaban J connectivity index is 1.33. The van der Waals surface area contributed by atoms with Crippen molar-refractivity contribution in [2.24, 2.45) is 0 Å². The van der Waals surface area contributed by atoms with Gasteiger partial charge in [-0.05, 0) is 33.3 Å². The molecular formula is C22H31N5O5. The van der Waals surface area contributed by atoms with Crippen LogP contribution in [0.25, 0.3) is 0 Å². The Morgan fingerprint density at radius 1 is 1.19 bits per heavy atom. The summed E-state index contributed by atoms with van der Waals surface area (Å²) in [6.45, 7) is 9.16. The van der Waals surface area contributed by atoms with Gasteiger partial charge in [0, 0.05) is 13.1 Å². The van der Waals surface area contributed by atoms with Crippen molar-refractivity contribution in [1.29, 1.82) is 0 Å². The van der Waals surface area contributed by atoms with Gasteiger partial charge in [0.2, 0.25) is 0 Å². The van der Waals surface area contributed by atoms with E-state index in [1.54, 1.807) is 9.58 Å². The predicted molar refractivity (Wildman–Crippen MR) is 116 cm³/mol. The molecule has 32 heavy (non-hydrogen) atoms. The first kappa shape index (κ1) is 23.5. The fourth-order valence-corrected chi connectivity index (χ4v) is 3.03. The van der Waals surface area contributed by atoms with Crippen LogP contribution < -0.4 is 5.32 Å². The summed E-state index contributed by atoms with van der Waals surface area (Å²) in [6.07, 6.45) is 1.00. The number of hydrogen-bond donors (Lipinski definition) is 1. The molecule has 174 valence electrons. The van der Waals surface area contributed by atoms with E-state index in [2.05, 4.69) is 15.6 Å². The average molecular weight is 446 g/mol. The molecule has 1 unspecified atom stereocenters. The molecular weight excluding hydrogens is 414 g/mol. The number of likely N-dealkylation sites (tertiary alicyclic amines) is 1. The van der Waals surface area contributed by atoms with Gasteiger partial charge in [0.15, 0.2) is 0 Å². The first-order valence-electron chi connectivity index (χ1n) is 10.6. The molecule has 1 aliphatic rings. The summed E-state index contributed by atoms with van der Waals surface area (Å²) >= 11 is 0. The van der Waals surface area contributed by atoms with Gasteiger partial charge in [-0.25, -0.2) is 14.3 Å². The predicted octanol–water partition coefficient (Wildman–Crippen LogP) is 2.90. The zero-order valence-electron chi connectivity index (χ0n) is 19.0. The van der Waals surface area contributed by atoms with Crippen LogP contribution >= 0.6 is 0 Å². The van der Waals surface area contributed by atoms with Crippen molar-refractivity contribution in [2.45, 2.75) is 58.6 Å². The van der Waals surface area contributed by atoms with E-state index in [1.165, 1.54) is 0 Å².